The van der Waals surface area contributed by atoms with Gasteiger partial charge in [0.25, 0.3) is 5.56 Å². The van der Waals surface area contributed by atoms with E-state index in [0.29, 0.717) is 39.6 Å². The van der Waals surface area contributed by atoms with Crippen LogP contribution in [0.25, 0.3) is 28.3 Å². The van der Waals surface area contributed by atoms with Gasteiger partial charge >= 0.3 is 0 Å². The zero-order valence-electron chi connectivity index (χ0n) is 25.0. The summed E-state index contributed by atoms with van der Waals surface area (Å²) >= 11 is 6.62. The molecule has 2 atom stereocenters. The van der Waals surface area contributed by atoms with Gasteiger partial charge in [-0.3, -0.25) is 14.3 Å². The standard InChI is InChI=1S/C29H25ClF2N8O/c1-14-11-33-26(17-5-4-6-18(24(17)31)28-34-13-36-40(28)16-7-8-16)25(32)27(14)39-15(2)9-21(23(30)29(39)41)19-10-20(19)22-12-35-38(3)37-22/h4-6,9,11-13,16,19-20H,7-8,10H2,1-3H3/t19-,20-/m0/s1/i3D3. The quantitative estimate of drug-likeness (QED) is 0.267. The highest BCUT2D eigenvalue weighted by Gasteiger charge is 2.43. The lowest BCUT2D eigenvalue weighted by Crippen LogP contribution is -2.24. The van der Waals surface area contributed by atoms with E-state index in [1.165, 1.54) is 29.4 Å². The number of aromatic nitrogens is 8. The van der Waals surface area contributed by atoms with Crippen molar-refractivity contribution in [3.8, 4) is 28.3 Å². The van der Waals surface area contributed by atoms with Gasteiger partial charge in [-0.25, -0.2) is 18.4 Å². The molecule has 7 rings (SSSR count). The van der Waals surface area contributed by atoms with E-state index in [-0.39, 0.29) is 45.4 Å². The summed E-state index contributed by atoms with van der Waals surface area (Å²) in [6.07, 6.45) is 6.62. The number of hydrogen-bond acceptors (Lipinski definition) is 6. The van der Waals surface area contributed by atoms with Gasteiger partial charge in [-0.2, -0.15) is 20.1 Å². The van der Waals surface area contributed by atoms with Crippen LogP contribution in [0.5, 0.6) is 0 Å². The SMILES string of the molecule is [2H]C([2H])([2H])n1ncc([C@H]2C[C@@H]2c2cc(C)n(-c3c(C)cnc(-c4cccc(-c5ncnn5C5CC5)c4F)c3F)c(=O)c2Cl)n1. The molecular formula is C29H25ClF2N8O. The molecule has 0 bridgehead atoms. The van der Waals surface area contributed by atoms with Crippen molar-refractivity contribution >= 4 is 11.6 Å². The van der Waals surface area contributed by atoms with E-state index in [4.69, 9.17) is 15.7 Å². The second-order valence-electron chi connectivity index (χ2n) is 10.6. The van der Waals surface area contributed by atoms with Crippen LogP contribution in [0.15, 0.2) is 47.8 Å². The molecule has 2 saturated carbocycles. The van der Waals surface area contributed by atoms with Crippen molar-refractivity contribution in [1.82, 2.24) is 39.3 Å². The Bertz CT molecular complexity index is 2020. The average molecular weight is 578 g/mol. The lowest BCUT2D eigenvalue weighted by atomic mass is 10.0. The molecule has 1 aromatic carbocycles. The van der Waals surface area contributed by atoms with Crippen LogP contribution in [0.1, 0.15) is 63.8 Å². The molecule has 2 fully saturated rings. The average Bonchev–Trinajstić information content (AvgIpc) is 3.87. The molecule has 0 amide bonds. The molecule has 208 valence electrons. The van der Waals surface area contributed by atoms with Gasteiger partial charge in [0.1, 0.15) is 22.9 Å². The van der Waals surface area contributed by atoms with Crippen LogP contribution in [0, 0.1) is 25.5 Å². The molecule has 4 aromatic heterocycles. The van der Waals surface area contributed by atoms with Crippen LogP contribution in [0.3, 0.4) is 0 Å². The van der Waals surface area contributed by atoms with Crippen LogP contribution >= 0.6 is 11.6 Å². The number of hydrogen-bond donors (Lipinski definition) is 0. The van der Waals surface area contributed by atoms with Crippen molar-refractivity contribution in [3.05, 3.63) is 92.5 Å². The predicted molar refractivity (Wildman–Crippen MR) is 148 cm³/mol. The molecule has 4 heterocycles. The Morgan fingerprint density at radius 1 is 1.05 bits per heavy atom. The van der Waals surface area contributed by atoms with Crippen LogP contribution < -0.4 is 5.56 Å². The van der Waals surface area contributed by atoms with Crippen LogP contribution in [0.4, 0.5) is 8.78 Å². The van der Waals surface area contributed by atoms with Gasteiger partial charge in [0, 0.05) is 34.5 Å². The zero-order chi connectivity index (χ0) is 31.1. The summed E-state index contributed by atoms with van der Waals surface area (Å²) in [5.41, 5.74) is 0.949. The third kappa shape index (κ3) is 4.18. The van der Waals surface area contributed by atoms with Crippen LogP contribution in [-0.4, -0.2) is 39.3 Å². The van der Waals surface area contributed by atoms with Crippen LogP contribution in [0.2, 0.25) is 5.02 Å². The first-order valence-electron chi connectivity index (χ1n) is 14.6. The Morgan fingerprint density at radius 2 is 1.85 bits per heavy atom. The van der Waals surface area contributed by atoms with E-state index < -0.39 is 24.2 Å². The fraction of sp³-hybridized carbons (Fsp3) is 0.310. The maximum absolute atomic E-state index is 16.4. The van der Waals surface area contributed by atoms with Crippen LogP contribution in [-0.2, 0) is 6.98 Å². The minimum Gasteiger partial charge on any atom is -0.277 e. The van der Waals surface area contributed by atoms with Crippen molar-refractivity contribution in [2.45, 2.75) is 51.0 Å². The lowest BCUT2D eigenvalue weighted by Gasteiger charge is -2.18. The van der Waals surface area contributed by atoms with Gasteiger partial charge < -0.3 is 0 Å². The molecule has 0 unspecified atom stereocenters. The molecule has 0 spiro atoms. The maximum atomic E-state index is 16.4. The van der Waals surface area contributed by atoms with Gasteiger partial charge in [0.05, 0.1) is 29.2 Å². The van der Waals surface area contributed by atoms with Gasteiger partial charge in [0.15, 0.2) is 11.6 Å². The minimum absolute atomic E-state index is 0.0778. The number of rotatable bonds is 6. The number of aryl methyl sites for hydroxylation is 3. The molecular weight excluding hydrogens is 550 g/mol. The zero-order valence-corrected chi connectivity index (χ0v) is 22.8. The van der Waals surface area contributed by atoms with E-state index in [1.54, 1.807) is 36.7 Å². The summed E-state index contributed by atoms with van der Waals surface area (Å²) in [6, 6.07) is 6.48. The molecule has 0 radical (unpaired) electrons. The summed E-state index contributed by atoms with van der Waals surface area (Å²) in [5.74, 6) is -1.56. The lowest BCUT2D eigenvalue weighted by molar-refractivity contribution is 0.599. The first kappa shape index (κ1) is 22.4. The third-order valence-electron chi connectivity index (χ3n) is 7.80. The van der Waals surface area contributed by atoms with Crippen molar-refractivity contribution in [3.63, 3.8) is 0 Å². The Morgan fingerprint density at radius 3 is 2.61 bits per heavy atom. The summed E-state index contributed by atoms with van der Waals surface area (Å²) < 4.78 is 57.7. The van der Waals surface area contributed by atoms with Crippen molar-refractivity contribution < 1.29 is 12.9 Å². The first-order valence-corrected chi connectivity index (χ1v) is 13.5. The van der Waals surface area contributed by atoms with Crippen molar-refractivity contribution in [1.29, 1.82) is 0 Å². The summed E-state index contributed by atoms with van der Waals surface area (Å²) in [6.45, 7) is 0.774. The highest BCUT2D eigenvalue weighted by molar-refractivity contribution is 6.31. The molecule has 0 saturated heterocycles. The van der Waals surface area contributed by atoms with Gasteiger partial charge in [0.2, 0.25) is 0 Å². The molecule has 0 aliphatic heterocycles. The molecule has 5 aromatic rings. The smallest absolute Gasteiger partial charge is 0.274 e. The number of halogens is 3. The van der Waals surface area contributed by atoms with Crippen molar-refractivity contribution in [2.24, 2.45) is 6.98 Å². The second kappa shape index (κ2) is 9.41. The third-order valence-corrected chi connectivity index (χ3v) is 8.18. The van der Waals surface area contributed by atoms with Gasteiger partial charge in [-0.1, -0.05) is 17.7 Å². The second-order valence-corrected chi connectivity index (χ2v) is 11.0. The number of benzene rings is 1. The predicted octanol–water partition coefficient (Wildman–Crippen LogP) is 5.44. The molecule has 2 aliphatic rings. The molecule has 41 heavy (non-hydrogen) atoms. The highest BCUT2D eigenvalue weighted by Crippen LogP contribution is 2.55. The first-order chi connectivity index (χ1) is 21.0. The van der Waals surface area contributed by atoms with E-state index in [9.17, 15) is 4.79 Å². The van der Waals surface area contributed by atoms with E-state index in [1.807, 2.05) is 0 Å². The Hall–Kier alpha value is -4.25. The normalized spacial score (nSPS) is 19.6. The number of nitrogens with zero attached hydrogens (tertiary/aromatic N) is 8. The molecule has 12 heteroatoms. The van der Waals surface area contributed by atoms with Gasteiger partial charge in [-0.05, 0) is 68.4 Å². The summed E-state index contributed by atoms with van der Waals surface area (Å²) in [5, 5.41) is 12.1. The number of pyridine rings is 2. The fourth-order valence-electron chi connectivity index (χ4n) is 5.54. The monoisotopic (exact) mass is 577 g/mol. The Labute approximate surface area is 242 Å². The summed E-state index contributed by atoms with van der Waals surface area (Å²) in [4.78, 5) is 22.9. The maximum Gasteiger partial charge on any atom is 0.274 e. The summed E-state index contributed by atoms with van der Waals surface area (Å²) in [7, 11) is 0. The molecule has 0 N–H and O–H groups in total. The Kier molecular flexibility index (Phi) is 5.15. The Balaban J connectivity index is 1.27. The van der Waals surface area contributed by atoms with E-state index in [2.05, 4.69) is 25.3 Å². The minimum atomic E-state index is -2.50. The van der Waals surface area contributed by atoms with E-state index in [0.717, 1.165) is 12.8 Å². The largest absolute Gasteiger partial charge is 0.277 e. The highest BCUT2D eigenvalue weighted by atomic mass is 35.5. The fourth-order valence-corrected chi connectivity index (χ4v) is 5.82. The molecule has 9 nitrogen and oxygen atoms in total. The van der Waals surface area contributed by atoms with E-state index >= 15 is 8.78 Å². The van der Waals surface area contributed by atoms with Crippen molar-refractivity contribution in [2.75, 3.05) is 0 Å². The van der Waals surface area contributed by atoms with Gasteiger partial charge in [-0.15, -0.1) is 0 Å². The molecule has 2 aliphatic carbocycles. The topological polar surface area (TPSA) is 96.3 Å².